The smallest absolute Gasteiger partial charge is 0.245 e. The molecule has 1 saturated heterocycles. The molecular formula is C19H23N3O3. The fourth-order valence-electron chi connectivity index (χ4n) is 3.02. The summed E-state index contributed by atoms with van der Waals surface area (Å²) in [7, 11) is 1.67. The molecule has 0 spiro atoms. The summed E-state index contributed by atoms with van der Waals surface area (Å²) in [6.07, 6.45) is 0.491. The minimum Gasteiger partial charge on any atom is -0.361 e. The van der Waals surface area contributed by atoms with Crippen LogP contribution in [0.1, 0.15) is 36.8 Å². The summed E-state index contributed by atoms with van der Waals surface area (Å²) in [6.45, 7) is 4.42. The van der Waals surface area contributed by atoms with E-state index in [1.807, 2.05) is 50.2 Å². The standard InChI is InChI=1S/C19H23N3O3/c1-13(2)17-10-15(20-25-17)11-22-16(9-14-7-5-4-6-8-14)19(24)21(3)12-18(22)23/h4-8,10,13,16H,9,11-12H2,1-3H3/t16-/m0/s1. The highest BCUT2D eigenvalue weighted by molar-refractivity contribution is 5.94. The van der Waals surface area contributed by atoms with Crippen LogP contribution in [0.15, 0.2) is 40.9 Å². The van der Waals surface area contributed by atoms with E-state index in [9.17, 15) is 9.59 Å². The maximum Gasteiger partial charge on any atom is 0.245 e. The van der Waals surface area contributed by atoms with Crippen LogP contribution in [0, 0.1) is 0 Å². The van der Waals surface area contributed by atoms with E-state index < -0.39 is 6.04 Å². The fourth-order valence-corrected chi connectivity index (χ4v) is 3.02. The first-order valence-electron chi connectivity index (χ1n) is 8.49. The summed E-state index contributed by atoms with van der Waals surface area (Å²) in [5, 5.41) is 4.06. The van der Waals surface area contributed by atoms with Gasteiger partial charge in [-0.1, -0.05) is 49.3 Å². The summed E-state index contributed by atoms with van der Waals surface area (Å²) >= 11 is 0. The predicted molar refractivity (Wildman–Crippen MR) is 92.7 cm³/mol. The maximum absolute atomic E-state index is 12.7. The molecule has 1 aliphatic heterocycles. The van der Waals surface area contributed by atoms with Crippen molar-refractivity contribution in [1.29, 1.82) is 0 Å². The molecule has 0 unspecified atom stereocenters. The topological polar surface area (TPSA) is 66.7 Å². The number of carbonyl (C=O) groups excluding carboxylic acids is 2. The third-order valence-electron chi connectivity index (χ3n) is 4.48. The minimum atomic E-state index is -0.521. The van der Waals surface area contributed by atoms with Crippen LogP contribution in [0.25, 0.3) is 0 Å². The van der Waals surface area contributed by atoms with Crippen LogP contribution >= 0.6 is 0 Å². The summed E-state index contributed by atoms with van der Waals surface area (Å²) in [5.41, 5.74) is 1.70. The van der Waals surface area contributed by atoms with Crippen molar-refractivity contribution in [3.05, 3.63) is 53.4 Å². The Morgan fingerprint density at radius 2 is 1.96 bits per heavy atom. The van der Waals surface area contributed by atoms with Gasteiger partial charge >= 0.3 is 0 Å². The molecule has 6 heteroatoms. The monoisotopic (exact) mass is 341 g/mol. The lowest BCUT2D eigenvalue weighted by molar-refractivity contribution is -0.155. The van der Waals surface area contributed by atoms with Gasteiger partial charge in [0.15, 0.2) is 0 Å². The van der Waals surface area contributed by atoms with Crippen LogP contribution in [-0.4, -0.2) is 46.4 Å². The first kappa shape index (κ1) is 17.2. The number of rotatable bonds is 5. The summed E-state index contributed by atoms with van der Waals surface area (Å²) < 4.78 is 5.32. The lowest BCUT2D eigenvalue weighted by Crippen LogP contribution is -2.59. The Hall–Kier alpha value is -2.63. The molecule has 1 aliphatic rings. The first-order valence-corrected chi connectivity index (χ1v) is 8.49. The van der Waals surface area contributed by atoms with Crippen LogP contribution in [0.3, 0.4) is 0 Å². The van der Waals surface area contributed by atoms with Crippen LogP contribution in [0.5, 0.6) is 0 Å². The Bertz CT molecular complexity index is 754. The average molecular weight is 341 g/mol. The quantitative estimate of drug-likeness (QED) is 0.836. The van der Waals surface area contributed by atoms with Gasteiger partial charge in [-0.2, -0.15) is 0 Å². The molecule has 1 aromatic carbocycles. The van der Waals surface area contributed by atoms with Crippen molar-refractivity contribution in [2.75, 3.05) is 13.6 Å². The number of hydrogen-bond donors (Lipinski definition) is 0. The lowest BCUT2D eigenvalue weighted by Gasteiger charge is -2.38. The molecule has 2 aromatic rings. The molecule has 25 heavy (non-hydrogen) atoms. The predicted octanol–water partition coefficient (Wildman–Crippen LogP) is 2.21. The highest BCUT2D eigenvalue weighted by Crippen LogP contribution is 2.21. The molecule has 2 heterocycles. The highest BCUT2D eigenvalue weighted by atomic mass is 16.5. The van der Waals surface area contributed by atoms with Crippen LogP contribution in [-0.2, 0) is 22.6 Å². The molecule has 2 amide bonds. The molecular weight excluding hydrogens is 318 g/mol. The van der Waals surface area contributed by atoms with Crippen LogP contribution < -0.4 is 0 Å². The molecule has 0 N–H and O–H groups in total. The van der Waals surface area contributed by atoms with Crippen LogP contribution in [0.4, 0.5) is 0 Å². The largest absolute Gasteiger partial charge is 0.361 e. The third kappa shape index (κ3) is 3.73. The maximum atomic E-state index is 12.7. The van der Waals surface area contributed by atoms with Gasteiger partial charge in [0.2, 0.25) is 11.8 Å². The Morgan fingerprint density at radius 3 is 2.60 bits per heavy atom. The molecule has 1 fully saturated rings. The number of aromatic nitrogens is 1. The second-order valence-electron chi connectivity index (χ2n) is 6.80. The van der Waals surface area contributed by atoms with Gasteiger partial charge in [-0.3, -0.25) is 9.59 Å². The van der Waals surface area contributed by atoms with Crippen molar-refractivity contribution in [2.24, 2.45) is 0 Å². The minimum absolute atomic E-state index is 0.0453. The van der Waals surface area contributed by atoms with Gasteiger partial charge in [0, 0.05) is 25.5 Å². The zero-order valence-corrected chi connectivity index (χ0v) is 14.8. The molecule has 1 aromatic heterocycles. The van der Waals surface area contributed by atoms with Crippen LogP contribution in [0.2, 0.25) is 0 Å². The van der Waals surface area contributed by atoms with E-state index in [-0.39, 0.29) is 30.8 Å². The van der Waals surface area contributed by atoms with Crippen molar-refractivity contribution < 1.29 is 14.1 Å². The molecule has 0 aliphatic carbocycles. The van der Waals surface area contributed by atoms with Gasteiger partial charge in [0.1, 0.15) is 17.5 Å². The SMILES string of the molecule is CC(C)c1cc(CN2C(=O)CN(C)C(=O)[C@@H]2Cc2ccccc2)no1. The molecule has 0 saturated carbocycles. The Labute approximate surface area is 147 Å². The van der Waals surface area contributed by atoms with E-state index >= 15 is 0 Å². The van der Waals surface area contributed by atoms with Gasteiger partial charge in [-0.15, -0.1) is 0 Å². The van der Waals surface area contributed by atoms with Gasteiger partial charge in [-0.05, 0) is 5.56 Å². The number of carbonyl (C=O) groups is 2. The molecule has 0 bridgehead atoms. The van der Waals surface area contributed by atoms with Crippen molar-refractivity contribution in [3.63, 3.8) is 0 Å². The van der Waals surface area contributed by atoms with E-state index in [1.54, 1.807) is 11.9 Å². The van der Waals surface area contributed by atoms with E-state index in [0.29, 0.717) is 12.1 Å². The Kier molecular flexibility index (Phi) is 4.88. The summed E-state index contributed by atoms with van der Waals surface area (Å²) in [6, 6.07) is 11.1. The third-order valence-corrected chi connectivity index (χ3v) is 4.48. The molecule has 0 radical (unpaired) electrons. The number of likely N-dealkylation sites (N-methyl/N-ethyl adjacent to an activating group) is 1. The number of nitrogens with zero attached hydrogens (tertiary/aromatic N) is 3. The fraction of sp³-hybridized carbons (Fsp3) is 0.421. The van der Waals surface area contributed by atoms with E-state index in [2.05, 4.69) is 5.16 Å². The molecule has 1 atom stereocenters. The first-order chi connectivity index (χ1) is 12.0. The average Bonchev–Trinajstić information content (AvgIpc) is 3.06. The van der Waals surface area contributed by atoms with Crippen molar-refractivity contribution in [2.45, 2.75) is 38.8 Å². The van der Waals surface area contributed by atoms with Gasteiger partial charge in [-0.25, -0.2) is 0 Å². The zero-order chi connectivity index (χ0) is 18.0. The molecule has 3 rings (SSSR count). The van der Waals surface area contributed by atoms with Crippen molar-refractivity contribution in [3.8, 4) is 0 Å². The van der Waals surface area contributed by atoms with Crippen molar-refractivity contribution in [1.82, 2.24) is 15.0 Å². The van der Waals surface area contributed by atoms with Gasteiger partial charge in [0.05, 0.1) is 13.1 Å². The lowest BCUT2D eigenvalue weighted by atomic mass is 10.0. The zero-order valence-electron chi connectivity index (χ0n) is 14.8. The second kappa shape index (κ2) is 7.09. The number of amides is 2. The summed E-state index contributed by atoms with van der Waals surface area (Å²) in [5.74, 6) is 0.891. The molecule has 6 nitrogen and oxygen atoms in total. The van der Waals surface area contributed by atoms with E-state index in [0.717, 1.165) is 11.3 Å². The van der Waals surface area contributed by atoms with E-state index in [4.69, 9.17) is 4.52 Å². The number of benzene rings is 1. The summed E-state index contributed by atoms with van der Waals surface area (Å²) in [4.78, 5) is 28.4. The molecule has 132 valence electrons. The number of hydrogen-bond acceptors (Lipinski definition) is 4. The second-order valence-corrected chi connectivity index (χ2v) is 6.80. The van der Waals surface area contributed by atoms with Gasteiger partial charge in [0.25, 0.3) is 0 Å². The number of piperazine rings is 1. The van der Waals surface area contributed by atoms with E-state index in [1.165, 1.54) is 4.90 Å². The van der Waals surface area contributed by atoms with Crippen molar-refractivity contribution >= 4 is 11.8 Å². The van der Waals surface area contributed by atoms with Gasteiger partial charge < -0.3 is 14.3 Å². The Morgan fingerprint density at radius 1 is 1.24 bits per heavy atom. The highest BCUT2D eigenvalue weighted by Gasteiger charge is 2.38. The normalized spacial score (nSPS) is 18.3. The Balaban J connectivity index is 1.84.